The van der Waals surface area contributed by atoms with Gasteiger partial charge in [-0.25, -0.2) is 0 Å². The molecule has 0 saturated carbocycles. The number of anilines is 3. The van der Waals surface area contributed by atoms with E-state index in [4.69, 9.17) is 0 Å². The number of allylic oxidation sites excluding steroid dienone is 4. The van der Waals surface area contributed by atoms with Gasteiger partial charge in [0.05, 0.1) is 10.8 Å². The van der Waals surface area contributed by atoms with E-state index in [1.807, 2.05) is 0 Å². The van der Waals surface area contributed by atoms with Gasteiger partial charge in [-0.1, -0.05) is 152 Å². The van der Waals surface area contributed by atoms with Gasteiger partial charge in [0.15, 0.2) is 0 Å². The molecule has 0 N–H and O–H groups in total. The van der Waals surface area contributed by atoms with Gasteiger partial charge in [0.1, 0.15) is 0 Å². The highest BCUT2D eigenvalue weighted by atomic mass is 15.1. The van der Waals surface area contributed by atoms with Gasteiger partial charge in [-0.05, 0) is 116 Å². The van der Waals surface area contributed by atoms with E-state index >= 15 is 0 Å². The first-order chi connectivity index (χ1) is 25.3. The molecule has 0 saturated heterocycles. The summed E-state index contributed by atoms with van der Waals surface area (Å²) >= 11 is 0. The van der Waals surface area contributed by atoms with Gasteiger partial charge in [-0.3, -0.25) is 0 Å². The second-order valence-corrected chi connectivity index (χ2v) is 14.2. The fraction of sp³-hybridized carbons (Fsp3) is 0.0800. The molecule has 0 heterocycles. The van der Waals surface area contributed by atoms with Crippen LogP contribution in [0.4, 0.5) is 17.1 Å². The molecule has 0 fully saturated rings. The lowest BCUT2D eigenvalue weighted by molar-refractivity contribution is 0.630. The highest BCUT2D eigenvalue weighted by Crippen LogP contribution is 2.68. The predicted octanol–water partition coefficient (Wildman–Crippen LogP) is 12.3. The standard InChI is InChI=1S/C50H35N/c1-3-17-34(18-4-1)51(35-19-5-2-6-20-35)36-31-32-47-48(33-36)50(43-27-13-9-23-39(43)40-24-10-14-28-44(40)50)46-30-16-15-29-45(46)49(47)41-25-11-7-21-37(41)38-22-8-12-26-42(38)49/h1-9,11-13,15-33H,10,14H2. The summed E-state index contributed by atoms with van der Waals surface area (Å²) < 4.78 is 0. The molecular formula is C50H35N. The molecule has 1 nitrogen and oxygen atoms in total. The van der Waals surface area contributed by atoms with Crippen molar-refractivity contribution in [3.05, 3.63) is 238 Å². The van der Waals surface area contributed by atoms with Crippen LogP contribution in [-0.4, -0.2) is 0 Å². The Labute approximate surface area is 299 Å². The fourth-order valence-electron chi connectivity index (χ4n) is 10.2. The average Bonchev–Trinajstić information content (AvgIpc) is 3.67. The third-order valence-electron chi connectivity index (χ3n) is 12.0. The number of hydrogen-bond acceptors (Lipinski definition) is 1. The summed E-state index contributed by atoms with van der Waals surface area (Å²) in [5, 5.41) is 0. The molecule has 4 aliphatic rings. The van der Waals surface area contributed by atoms with Crippen molar-refractivity contribution in [2.75, 3.05) is 4.90 Å². The van der Waals surface area contributed by atoms with E-state index in [2.05, 4.69) is 193 Å². The highest BCUT2D eigenvalue weighted by molar-refractivity contribution is 5.98. The zero-order valence-electron chi connectivity index (χ0n) is 28.3. The van der Waals surface area contributed by atoms with Crippen molar-refractivity contribution in [1.82, 2.24) is 0 Å². The molecule has 4 aliphatic carbocycles. The normalized spacial score (nSPS) is 18.1. The molecule has 1 unspecified atom stereocenters. The second-order valence-electron chi connectivity index (χ2n) is 14.2. The van der Waals surface area contributed by atoms with Gasteiger partial charge < -0.3 is 4.90 Å². The topological polar surface area (TPSA) is 3.24 Å². The van der Waals surface area contributed by atoms with Crippen molar-refractivity contribution in [2.24, 2.45) is 0 Å². The van der Waals surface area contributed by atoms with Crippen molar-refractivity contribution >= 4 is 22.6 Å². The van der Waals surface area contributed by atoms with E-state index in [0.29, 0.717) is 0 Å². The number of hydrogen-bond donors (Lipinski definition) is 0. The molecule has 11 rings (SSSR count). The van der Waals surface area contributed by atoms with Crippen molar-refractivity contribution < 1.29 is 0 Å². The maximum atomic E-state index is 2.56. The van der Waals surface area contributed by atoms with Crippen LogP contribution >= 0.6 is 0 Å². The van der Waals surface area contributed by atoms with Crippen molar-refractivity contribution in [1.29, 1.82) is 0 Å². The Morgan fingerprint density at radius 3 is 1.39 bits per heavy atom. The zero-order chi connectivity index (χ0) is 33.6. The van der Waals surface area contributed by atoms with Crippen molar-refractivity contribution in [3.63, 3.8) is 0 Å². The molecule has 1 atom stereocenters. The Kier molecular flexibility index (Phi) is 5.99. The largest absolute Gasteiger partial charge is 0.310 e. The first-order valence-corrected chi connectivity index (χ1v) is 18.2. The fourth-order valence-corrected chi connectivity index (χ4v) is 10.2. The Hall–Kier alpha value is -6.18. The molecule has 0 aliphatic heterocycles. The van der Waals surface area contributed by atoms with E-state index in [1.54, 1.807) is 0 Å². The number of benzene rings is 7. The molecule has 7 aromatic rings. The lowest BCUT2D eigenvalue weighted by Gasteiger charge is -2.49. The highest BCUT2D eigenvalue weighted by Gasteiger charge is 2.59. The minimum Gasteiger partial charge on any atom is -0.310 e. The summed E-state index contributed by atoms with van der Waals surface area (Å²) in [6.45, 7) is 0. The van der Waals surface area contributed by atoms with Crippen molar-refractivity contribution in [2.45, 2.75) is 23.7 Å². The van der Waals surface area contributed by atoms with Crippen LogP contribution in [0, 0.1) is 0 Å². The van der Waals surface area contributed by atoms with Gasteiger partial charge in [0.25, 0.3) is 0 Å². The first kappa shape index (κ1) is 28.6. The monoisotopic (exact) mass is 649 g/mol. The molecule has 0 aromatic heterocycles. The molecule has 240 valence electrons. The summed E-state index contributed by atoms with van der Waals surface area (Å²) in [6, 6.07) is 65.9. The molecular weight excluding hydrogens is 615 g/mol. The van der Waals surface area contributed by atoms with E-state index < -0.39 is 10.8 Å². The quantitative estimate of drug-likeness (QED) is 0.184. The third-order valence-corrected chi connectivity index (χ3v) is 12.0. The lowest BCUT2D eigenvalue weighted by atomic mass is 9.52. The van der Waals surface area contributed by atoms with Gasteiger partial charge in [0.2, 0.25) is 0 Å². The molecule has 0 radical (unpaired) electrons. The Morgan fingerprint density at radius 2 is 0.784 bits per heavy atom. The van der Waals surface area contributed by atoms with Gasteiger partial charge >= 0.3 is 0 Å². The number of para-hydroxylation sites is 2. The van der Waals surface area contributed by atoms with Crippen LogP contribution in [0.1, 0.15) is 57.3 Å². The molecule has 1 heteroatoms. The third kappa shape index (κ3) is 3.60. The van der Waals surface area contributed by atoms with Crippen LogP contribution in [0.5, 0.6) is 0 Å². The predicted molar refractivity (Wildman–Crippen MR) is 210 cm³/mol. The van der Waals surface area contributed by atoms with Gasteiger partial charge in [-0.2, -0.15) is 0 Å². The van der Waals surface area contributed by atoms with E-state index in [0.717, 1.165) is 29.9 Å². The van der Waals surface area contributed by atoms with E-state index in [9.17, 15) is 0 Å². The summed E-state index contributed by atoms with van der Waals surface area (Å²) in [5.41, 5.74) is 19.0. The average molecular weight is 650 g/mol. The summed E-state index contributed by atoms with van der Waals surface area (Å²) in [5.74, 6) is 0. The summed E-state index contributed by atoms with van der Waals surface area (Å²) in [7, 11) is 0. The Balaban J connectivity index is 1.32. The van der Waals surface area contributed by atoms with Crippen LogP contribution in [-0.2, 0) is 10.8 Å². The van der Waals surface area contributed by atoms with Gasteiger partial charge in [0, 0.05) is 17.1 Å². The van der Waals surface area contributed by atoms with Crippen LogP contribution in [0.15, 0.2) is 194 Å². The second kappa shape index (κ2) is 10.7. The van der Waals surface area contributed by atoms with Crippen LogP contribution in [0.25, 0.3) is 16.7 Å². The summed E-state index contributed by atoms with van der Waals surface area (Å²) in [6.07, 6.45) is 7.17. The van der Waals surface area contributed by atoms with E-state index in [1.165, 1.54) is 66.8 Å². The maximum Gasteiger partial charge on any atom is 0.0720 e. The lowest BCUT2D eigenvalue weighted by Crippen LogP contribution is -2.44. The molecule has 0 bridgehead atoms. The summed E-state index contributed by atoms with van der Waals surface area (Å²) in [4.78, 5) is 2.42. The van der Waals surface area contributed by atoms with Crippen molar-refractivity contribution in [3.8, 4) is 11.1 Å². The number of nitrogens with zero attached hydrogens (tertiary/aromatic N) is 1. The molecule has 7 aromatic carbocycles. The number of fused-ring (bicyclic) bond motifs is 16. The van der Waals surface area contributed by atoms with Crippen LogP contribution in [0.3, 0.4) is 0 Å². The Morgan fingerprint density at radius 1 is 0.333 bits per heavy atom. The maximum absolute atomic E-state index is 2.56. The molecule has 51 heavy (non-hydrogen) atoms. The van der Waals surface area contributed by atoms with Crippen LogP contribution < -0.4 is 4.90 Å². The smallest absolute Gasteiger partial charge is 0.0720 e. The molecule has 2 spiro atoms. The molecule has 0 amide bonds. The minimum atomic E-state index is -0.471. The SMILES string of the molecule is C1=C2C(=CCC1)C1(c3ccccc32)c2ccccc2C2(c3ccccc3-c3ccccc32)c2ccc(N(c3ccccc3)c3ccccc3)cc21. The minimum absolute atomic E-state index is 0.468. The zero-order valence-corrected chi connectivity index (χ0v) is 28.3. The Bertz CT molecular complexity index is 2510. The number of rotatable bonds is 3. The van der Waals surface area contributed by atoms with E-state index in [-0.39, 0.29) is 0 Å². The van der Waals surface area contributed by atoms with Crippen LogP contribution in [0.2, 0.25) is 0 Å². The van der Waals surface area contributed by atoms with Gasteiger partial charge in [-0.15, -0.1) is 0 Å². The first-order valence-electron chi connectivity index (χ1n) is 18.2.